The largest absolute Gasteiger partial charge is 0.448 e. The first kappa shape index (κ1) is 10.7. The molecule has 0 aromatic carbocycles. The normalized spacial score (nSPS) is 17.0. The minimum atomic E-state index is 0.0943. The molecule has 3 heteroatoms. The molecule has 1 N–H and O–H groups in total. The van der Waals surface area contributed by atoms with Crippen LogP contribution in [0.4, 0.5) is 0 Å². The molecule has 2 rings (SSSR count). The first-order chi connectivity index (χ1) is 7.13. The standard InChI is InChI=1S/C12H20N2O/c1-4-12(2,3)11-10(14-8-15-11)7-13-9-5-6-9/h8-9,13H,4-7H2,1-3H3. The number of hydrogen-bond donors (Lipinski definition) is 1. The molecule has 1 heterocycles. The van der Waals surface area contributed by atoms with Crippen LogP contribution < -0.4 is 5.32 Å². The highest BCUT2D eigenvalue weighted by atomic mass is 16.3. The third-order valence-electron chi connectivity index (χ3n) is 3.28. The maximum Gasteiger partial charge on any atom is 0.181 e. The van der Waals surface area contributed by atoms with Crippen LogP contribution in [0.1, 0.15) is 51.5 Å². The summed E-state index contributed by atoms with van der Waals surface area (Å²) in [5.41, 5.74) is 1.17. The van der Waals surface area contributed by atoms with Crippen LogP contribution in [-0.4, -0.2) is 11.0 Å². The number of nitrogens with one attached hydrogen (secondary N) is 1. The van der Waals surface area contributed by atoms with Crippen molar-refractivity contribution in [1.29, 1.82) is 0 Å². The molecule has 0 unspecified atom stereocenters. The van der Waals surface area contributed by atoms with E-state index in [1.54, 1.807) is 6.39 Å². The number of oxazole rings is 1. The topological polar surface area (TPSA) is 38.1 Å². The number of hydrogen-bond acceptors (Lipinski definition) is 3. The fraction of sp³-hybridized carbons (Fsp3) is 0.750. The van der Waals surface area contributed by atoms with Crippen molar-refractivity contribution < 1.29 is 4.42 Å². The van der Waals surface area contributed by atoms with Gasteiger partial charge in [0.1, 0.15) is 5.76 Å². The van der Waals surface area contributed by atoms with Gasteiger partial charge in [-0.05, 0) is 19.3 Å². The lowest BCUT2D eigenvalue weighted by atomic mass is 9.86. The van der Waals surface area contributed by atoms with Gasteiger partial charge in [0, 0.05) is 18.0 Å². The van der Waals surface area contributed by atoms with Crippen LogP contribution in [0.5, 0.6) is 0 Å². The minimum absolute atomic E-state index is 0.0943. The van der Waals surface area contributed by atoms with Gasteiger partial charge in [-0.3, -0.25) is 0 Å². The van der Waals surface area contributed by atoms with E-state index in [2.05, 4.69) is 31.1 Å². The molecule has 3 nitrogen and oxygen atoms in total. The Bertz CT molecular complexity index is 326. The molecule has 0 aliphatic heterocycles. The zero-order valence-corrected chi connectivity index (χ0v) is 9.84. The summed E-state index contributed by atoms with van der Waals surface area (Å²) in [5, 5.41) is 3.47. The molecule has 0 saturated heterocycles. The summed E-state index contributed by atoms with van der Waals surface area (Å²) in [6.45, 7) is 7.43. The second kappa shape index (κ2) is 3.97. The first-order valence-corrected chi connectivity index (χ1v) is 5.79. The summed E-state index contributed by atoms with van der Waals surface area (Å²) in [7, 11) is 0. The Labute approximate surface area is 91.3 Å². The van der Waals surface area contributed by atoms with Crippen LogP contribution >= 0.6 is 0 Å². The van der Waals surface area contributed by atoms with E-state index in [4.69, 9.17) is 4.42 Å². The highest BCUT2D eigenvalue weighted by molar-refractivity contribution is 5.17. The molecule has 0 atom stereocenters. The van der Waals surface area contributed by atoms with Gasteiger partial charge in [-0.2, -0.15) is 0 Å². The lowest BCUT2D eigenvalue weighted by molar-refractivity contribution is 0.369. The van der Waals surface area contributed by atoms with E-state index in [0.717, 1.165) is 30.5 Å². The molecule has 0 radical (unpaired) electrons. The van der Waals surface area contributed by atoms with Gasteiger partial charge in [-0.15, -0.1) is 0 Å². The summed E-state index contributed by atoms with van der Waals surface area (Å²) < 4.78 is 5.52. The van der Waals surface area contributed by atoms with Gasteiger partial charge in [-0.25, -0.2) is 4.98 Å². The molecule has 1 aromatic heterocycles. The molecule has 0 spiro atoms. The van der Waals surface area contributed by atoms with Gasteiger partial charge in [0.2, 0.25) is 0 Å². The van der Waals surface area contributed by atoms with Crippen molar-refractivity contribution in [2.75, 3.05) is 0 Å². The van der Waals surface area contributed by atoms with E-state index in [9.17, 15) is 0 Å². The van der Waals surface area contributed by atoms with E-state index in [1.807, 2.05) is 0 Å². The molecule has 1 aliphatic carbocycles. The molecule has 0 bridgehead atoms. The minimum Gasteiger partial charge on any atom is -0.448 e. The van der Waals surface area contributed by atoms with Crippen molar-refractivity contribution in [1.82, 2.24) is 10.3 Å². The van der Waals surface area contributed by atoms with Gasteiger partial charge >= 0.3 is 0 Å². The Morgan fingerprint density at radius 2 is 2.27 bits per heavy atom. The van der Waals surface area contributed by atoms with Crippen molar-refractivity contribution in [3.63, 3.8) is 0 Å². The highest BCUT2D eigenvalue weighted by Crippen LogP contribution is 2.29. The summed E-state index contributed by atoms with van der Waals surface area (Å²) in [4.78, 5) is 4.30. The Balaban J connectivity index is 2.06. The zero-order valence-electron chi connectivity index (χ0n) is 9.84. The van der Waals surface area contributed by atoms with Crippen molar-refractivity contribution in [3.8, 4) is 0 Å². The predicted molar refractivity (Wildman–Crippen MR) is 59.7 cm³/mol. The number of nitrogens with zero attached hydrogens (tertiary/aromatic N) is 1. The van der Waals surface area contributed by atoms with Crippen LogP contribution in [0, 0.1) is 0 Å². The van der Waals surface area contributed by atoms with E-state index in [0.29, 0.717) is 0 Å². The summed E-state index contributed by atoms with van der Waals surface area (Å²) >= 11 is 0. The van der Waals surface area contributed by atoms with Crippen LogP contribution in [0.15, 0.2) is 10.8 Å². The highest BCUT2D eigenvalue weighted by Gasteiger charge is 2.27. The smallest absolute Gasteiger partial charge is 0.181 e. The van der Waals surface area contributed by atoms with Gasteiger partial charge in [0.15, 0.2) is 6.39 Å². The van der Waals surface area contributed by atoms with E-state index >= 15 is 0 Å². The van der Waals surface area contributed by atoms with Gasteiger partial charge < -0.3 is 9.73 Å². The lowest BCUT2D eigenvalue weighted by Gasteiger charge is -2.20. The Morgan fingerprint density at radius 1 is 1.53 bits per heavy atom. The fourth-order valence-corrected chi connectivity index (χ4v) is 1.63. The second-order valence-electron chi connectivity index (χ2n) is 5.02. The summed E-state index contributed by atoms with van der Waals surface area (Å²) in [6.07, 6.45) is 5.25. The van der Waals surface area contributed by atoms with Crippen LogP contribution in [0.3, 0.4) is 0 Å². The Hall–Kier alpha value is -0.830. The Morgan fingerprint density at radius 3 is 2.87 bits per heavy atom. The summed E-state index contributed by atoms with van der Waals surface area (Å²) in [6, 6.07) is 0.722. The molecule has 1 fully saturated rings. The fourth-order valence-electron chi connectivity index (χ4n) is 1.63. The monoisotopic (exact) mass is 208 g/mol. The van der Waals surface area contributed by atoms with Gasteiger partial charge in [-0.1, -0.05) is 20.8 Å². The molecular formula is C12H20N2O. The van der Waals surface area contributed by atoms with Crippen LogP contribution in [0.2, 0.25) is 0 Å². The van der Waals surface area contributed by atoms with Crippen molar-refractivity contribution >= 4 is 0 Å². The quantitative estimate of drug-likeness (QED) is 0.808. The first-order valence-electron chi connectivity index (χ1n) is 5.79. The molecular weight excluding hydrogens is 188 g/mol. The number of rotatable bonds is 5. The number of aromatic nitrogens is 1. The van der Waals surface area contributed by atoms with Crippen LogP contribution in [0.25, 0.3) is 0 Å². The van der Waals surface area contributed by atoms with Gasteiger partial charge in [0.25, 0.3) is 0 Å². The molecule has 1 aromatic rings. The third kappa shape index (κ3) is 2.40. The second-order valence-corrected chi connectivity index (χ2v) is 5.02. The van der Waals surface area contributed by atoms with E-state index in [-0.39, 0.29) is 5.41 Å². The SMILES string of the molecule is CCC(C)(C)c1ocnc1CNC1CC1. The maximum atomic E-state index is 5.52. The van der Waals surface area contributed by atoms with E-state index < -0.39 is 0 Å². The summed E-state index contributed by atoms with van der Waals surface area (Å²) in [5.74, 6) is 1.04. The third-order valence-corrected chi connectivity index (χ3v) is 3.28. The van der Waals surface area contributed by atoms with Crippen molar-refractivity contribution in [2.45, 2.75) is 58.0 Å². The van der Waals surface area contributed by atoms with Crippen molar-refractivity contribution in [2.24, 2.45) is 0 Å². The average molecular weight is 208 g/mol. The van der Waals surface area contributed by atoms with Crippen molar-refractivity contribution in [3.05, 3.63) is 17.8 Å². The molecule has 0 amide bonds. The zero-order chi connectivity index (χ0) is 10.9. The van der Waals surface area contributed by atoms with Crippen LogP contribution in [-0.2, 0) is 12.0 Å². The van der Waals surface area contributed by atoms with E-state index in [1.165, 1.54) is 12.8 Å². The predicted octanol–water partition coefficient (Wildman–Crippen LogP) is 2.61. The average Bonchev–Trinajstić information content (AvgIpc) is 2.92. The van der Waals surface area contributed by atoms with Gasteiger partial charge in [0.05, 0.1) is 5.69 Å². The molecule has 1 aliphatic rings. The molecule has 15 heavy (non-hydrogen) atoms. The maximum absolute atomic E-state index is 5.52. The lowest BCUT2D eigenvalue weighted by Crippen LogP contribution is -2.21. The molecule has 1 saturated carbocycles. The Kier molecular flexibility index (Phi) is 2.83. The molecule has 84 valence electrons.